The first kappa shape index (κ1) is 69.0. The minimum atomic E-state index is 0.886. The van der Waals surface area contributed by atoms with Gasteiger partial charge in [-0.05, 0) is 159 Å². The number of nitrogens with zero attached hydrogens (tertiary/aromatic N) is 6. The van der Waals surface area contributed by atoms with Crippen molar-refractivity contribution in [3.63, 3.8) is 0 Å². The van der Waals surface area contributed by atoms with Crippen molar-refractivity contribution in [2.24, 2.45) is 0 Å². The second-order valence-electron chi connectivity index (χ2n) is 30.2. The second-order valence-corrected chi connectivity index (χ2v) is 30.2. The van der Waals surface area contributed by atoms with Gasteiger partial charge in [0.15, 0.2) is 0 Å². The fourth-order valence-electron chi connectivity index (χ4n) is 17.9. The molecule has 0 radical (unpaired) electrons. The number of hydrogen-bond acceptors (Lipinski definition) is 4. The molecule has 23 aromatic rings. The molecule has 6 nitrogen and oxygen atoms in total. The molecule has 0 amide bonds. The summed E-state index contributed by atoms with van der Waals surface area (Å²) in [6.45, 7) is 0. The minimum Gasteiger partial charge on any atom is -0.292 e. The Hall–Kier alpha value is -15.8. The van der Waals surface area contributed by atoms with Gasteiger partial charge in [0.1, 0.15) is 11.6 Å². The van der Waals surface area contributed by atoms with Gasteiger partial charge in [0.25, 0.3) is 0 Å². The lowest BCUT2D eigenvalue weighted by Gasteiger charge is -2.18. The molecule has 6 heteroatoms. The van der Waals surface area contributed by atoms with Crippen LogP contribution in [0.1, 0.15) is 0 Å². The zero-order valence-corrected chi connectivity index (χ0v) is 64.3. The number of rotatable bonds is 12. The molecule has 0 aliphatic rings. The topological polar surface area (TPSA) is 61.4 Å². The lowest BCUT2D eigenvalue weighted by Crippen LogP contribution is -2.00. The van der Waals surface area contributed by atoms with E-state index in [4.69, 9.17) is 19.9 Å². The smallest absolute Gasteiger partial charge is 0.145 e. The maximum Gasteiger partial charge on any atom is 0.145 e. The number of hydrogen-bond donors (Lipinski definition) is 0. The number of para-hydroxylation sites is 1. The molecule has 19 aromatic carbocycles. The van der Waals surface area contributed by atoms with Crippen molar-refractivity contribution >= 4 is 97.5 Å². The third-order valence-corrected chi connectivity index (χ3v) is 23.4. The second kappa shape index (κ2) is 29.3. The van der Waals surface area contributed by atoms with Crippen molar-refractivity contribution in [1.82, 2.24) is 29.1 Å². The Bertz CT molecular complexity index is 7810. The molecule has 4 aromatic heterocycles. The van der Waals surface area contributed by atoms with E-state index in [0.717, 1.165) is 134 Å². The van der Waals surface area contributed by atoms with E-state index in [2.05, 4.69) is 440 Å². The van der Waals surface area contributed by atoms with Gasteiger partial charge in [-0.2, -0.15) is 0 Å². The summed E-state index contributed by atoms with van der Waals surface area (Å²) in [4.78, 5) is 21.8. The van der Waals surface area contributed by atoms with Crippen LogP contribution in [-0.4, -0.2) is 29.1 Å². The van der Waals surface area contributed by atoms with Gasteiger partial charge in [-0.15, -0.1) is 0 Å². The highest BCUT2D eigenvalue weighted by molar-refractivity contribution is 6.21. The summed E-state index contributed by atoms with van der Waals surface area (Å²) in [5.74, 6) is 1.80. The summed E-state index contributed by atoms with van der Waals surface area (Å²) >= 11 is 0. The maximum atomic E-state index is 5.59. The molecule has 0 saturated heterocycles. The molecule has 4 heterocycles. The van der Waals surface area contributed by atoms with Crippen LogP contribution >= 0.6 is 0 Å². The first-order chi connectivity index (χ1) is 58.5. The fraction of sp³-hybridized carbons (Fsp3) is 0. The molecule has 0 spiro atoms. The van der Waals surface area contributed by atoms with Gasteiger partial charge < -0.3 is 0 Å². The number of aromatic nitrogens is 6. The lowest BCUT2D eigenvalue weighted by atomic mass is 9.88. The largest absolute Gasteiger partial charge is 0.292 e. The van der Waals surface area contributed by atoms with Crippen molar-refractivity contribution in [3.05, 3.63) is 437 Å². The molecule has 0 aliphatic carbocycles. The van der Waals surface area contributed by atoms with Crippen LogP contribution < -0.4 is 0 Å². The Morgan fingerprint density at radius 1 is 0.178 bits per heavy atom. The van der Waals surface area contributed by atoms with Crippen LogP contribution in [-0.2, 0) is 0 Å². The first-order valence-electron chi connectivity index (χ1n) is 40.2. The summed E-state index contributed by atoms with van der Waals surface area (Å²) in [6, 6.07) is 156. The van der Waals surface area contributed by atoms with Crippen LogP contribution in [0.15, 0.2) is 437 Å². The predicted octanol–water partition coefficient (Wildman–Crippen LogP) is 29.6. The third kappa shape index (κ3) is 12.1. The van der Waals surface area contributed by atoms with E-state index in [9.17, 15) is 0 Å². The minimum absolute atomic E-state index is 0.886. The zero-order chi connectivity index (χ0) is 78.0. The van der Waals surface area contributed by atoms with Crippen LogP contribution in [0.25, 0.3) is 221 Å². The van der Waals surface area contributed by atoms with E-state index in [-0.39, 0.29) is 0 Å². The van der Waals surface area contributed by atoms with Crippen LogP contribution in [0, 0.1) is 0 Å². The van der Waals surface area contributed by atoms with Gasteiger partial charge in [0, 0.05) is 66.3 Å². The molecular formula is C112H72N6. The Morgan fingerprint density at radius 3 is 0.949 bits per heavy atom. The molecule has 0 saturated carbocycles. The van der Waals surface area contributed by atoms with Crippen molar-refractivity contribution in [2.75, 3.05) is 0 Å². The summed E-state index contributed by atoms with van der Waals surface area (Å²) in [5.41, 5.74) is 25.7. The van der Waals surface area contributed by atoms with E-state index in [1.54, 1.807) is 0 Å². The van der Waals surface area contributed by atoms with Crippen molar-refractivity contribution < 1.29 is 0 Å². The molecule has 550 valence electrons. The third-order valence-electron chi connectivity index (χ3n) is 23.4. The Balaban J connectivity index is 0.000000144. The summed E-state index contributed by atoms with van der Waals surface area (Å²) in [7, 11) is 0. The maximum absolute atomic E-state index is 5.59. The molecule has 118 heavy (non-hydrogen) atoms. The van der Waals surface area contributed by atoms with Crippen molar-refractivity contribution in [1.29, 1.82) is 0 Å². The lowest BCUT2D eigenvalue weighted by molar-refractivity contribution is 1.07. The van der Waals surface area contributed by atoms with Gasteiger partial charge in [-0.1, -0.05) is 376 Å². The molecule has 0 fully saturated rings. The molecule has 0 bridgehead atoms. The standard InChI is InChI=1S/C60H39N3.C52H33N3/c1-4-20-43(21-5-1)57-59(44-22-6-2-7-23-44)63(60(62-57)45-24-8-3-9-25-45)46-36-34-42(35-37-46)56-39-54(50-33-17-27-41-19-11-13-29-48(41)50)55-38-53(51-30-14-15-31-52(51)58(55)61-56)49-32-16-26-40-18-10-12-28-47(40)49;1-3-17-36(18-4-1)52-54-49-31-37(29-30-50(49)55(52)38-21-5-2-6-22-38)48-33-46(42-28-14-20-35-16-8-10-24-40(35)42)47-32-45(43-25-11-12-26-44(43)51(47)53-48)41-27-13-19-34-15-7-9-23-39(34)41/h1-39H;1-33H. The average molecular weight is 1500 g/mol. The molecule has 0 N–H and O–H groups in total. The van der Waals surface area contributed by atoms with Crippen molar-refractivity contribution in [2.45, 2.75) is 0 Å². The van der Waals surface area contributed by atoms with Gasteiger partial charge >= 0.3 is 0 Å². The normalized spacial score (nSPS) is 11.6. The van der Waals surface area contributed by atoms with Crippen LogP contribution in [0.3, 0.4) is 0 Å². The van der Waals surface area contributed by atoms with Crippen molar-refractivity contribution in [3.8, 4) is 124 Å². The first-order valence-corrected chi connectivity index (χ1v) is 40.2. The molecule has 0 aliphatic heterocycles. The van der Waals surface area contributed by atoms with Crippen LogP contribution in [0.4, 0.5) is 0 Å². The molecule has 0 atom stereocenters. The Morgan fingerprint density at radius 2 is 0.508 bits per heavy atom. The monoisotopic (exact) mass is 1500 g/mol. The Kier molecular flexibility index (Phi) is 17.1. The molecular weight excluding hydrogens is 1430 g/mol. The van der Waals surface area contributed by atoms with E-state index in [1.165, 1.54) is 87.2 Å². The highest BCUT2D eigenvalue weighted by Crippen LogP contribution is 2.48. The summed E-state index contributed by atoms with van der Waals surface area (Å²) in [5, 5.41) is 16.7. The average Bonchev–Trinajstić information content (AvgIpc) is 0.818. The molecule has 0 unspecified atom stereocenters. The zero-order valence-electron chi connectivity index (χ0n) is 64.3. The highest BCUT2D eigenvalue weighted by atomic mass is 15.1. The SMILES string of the molecule is c1ccc(-c2nc(-c3ccccc3)n(-c3ccc(-c4cc(-c5cccc6ccccc56)c5cc(-c6cccc7ccccc67)c6ccccc6c5n4)cc3)c2-c2ccccc2)cc1.c1ccc(-c2nc3cc(-c4cc(-c5cccc6ccccc56)c5cc(-c6cccc7ccccc67)c6ccccc6c5n4)ccc3n2-c2ccccc2)cc1. The Labute approximate surface area is 682 Å². The predicted molar refractivity (Wildman–Crippen MR) is 495 cm³/mol. The summed E-state index contributed by atoms with van der Waals surface area (Å²) < 4.78 is 4.57. The molecule has 23 rings (SSSR count). The fourth-order valence-corrected chi connectivity index (χ4v) is 17.9. The van der Waals surface area contributed by atoms with E-state index in [1.807, 2.05) is 6.07 Å². The van der Waals surface area contributed by atoms with Crippen LogP contribution in [0.5, 0.6) is 0 Å². The number of benzene rings is 19. The van der Waals surface area contributed by atoms with E-state index < -0.39 is 0 Å². The number of pyridine rings is 2. The summed E-state index contributed by atoms with van der Waals surface area (Å²) in [6.07, 6.45) is 0. The van der Waals surface area contributed by atoms with Gasteiger partial charge in [0.2, 0.25) is 0 Å². The number of fused-ring (bicyclic) bond motifs is 11. The highest BCUT2D eigenvalue weighted by Gasteiger charge is 2.26. The van der Waals surface area contributed by atoms with Crippen LogP contribution in [0.2, 0.25) is 0 Å². The van der Waals surface area contributed by atoms with Gasteiger partial charge in [0.05, 0.1) is 44.8 Å². The quantitative estimate of drug-likeness (QED) is 0.114. The van der Waals surface area contributed by atoms with Gasteiger partial charge in [-0.3, -0.25) is 9.13 Å². The number of imidazole rings is 2. The van der Waals surface area contributed by atoms with E-state index >= 15 is 0 Å². The van der Waals surface area contributed by atoms with Gasteiger partial charge in [-0.25, -0.2) is 19.9 Å². The van der Waals surface area contributed by atoms with E-state index in [0.29, 0.717) is 0 Å².